The van der Waals surface area contributed by atoms with Gasteiger partial charge in [0.1, 0.15) is 0 Å². The molecule has 0 aromatic heterocycles. The largest absolute Gasteiger partial charge is 0.381 e. The van der Waals surface area contributed by atoms with Crippen LogP contribution >= 0.6 is 23.4 Å². The minimum absolute atomic E-state index is 0.0935. The Labute approximate surface area is 161 Å². The maximum Gasteiger partial charge on any atom is 0.191 e. The molecule has 6 heteroatoms. The molecule has 0 saturated carbocycles. The predicted octanol–water partition coefficient (Wildman–Crippen LogP) is 4.26. The Balaban J connectivity index is 2.07. The number of nitrogens with zero attached hydrogens (tertiary/aromatic N) is 1. The van der Waals surface area contributed by atoms with Crippen LogP contribution in [0.1, 0.15) is 45.2 Å². The topological polar surface area (TPSA) is 45.7 Å². The number of benzene rings is 1. The lowest BCUT2D eigenvalue weighted by atomic mass is 9.99. The van der Waals surface area contributed by atoms with Gasteiger partial charge in [0.25, 0.3) is 0 Å². The number of rotatable bonds is 7. The van der Waals surface area contributed by atoms with Crippen molar-refractivity contribution in [2.45, 2.75) is 44.4 Å². The minimum atomic E-state index is 0.0935. The normalized spacial score (nSPS) is 18.6. The molecule has 25 heavy (non-hydrogen) atoms. The van der Waals surface area contributed by atoms with Gasteiger partial charge in [-0.25, -0.2) is 0 Å². The summed E-state index contributed by atoms with van der Waals surface area (Å²) in [4.78, 5) is 4.90. The standard InChI is InChI=1S/C19H30ClN3OS/c1-4-21-18(23-15(3)16-8-6-7-9-17(16)20)22-14-19(25-5-2)10-12-24-13-11-19/h6-9,15H,4-5,10-14H2,1-3H3,(H2,21,22,23). The van der Waals surface area contributed by atoms with E-state index in [-0.39, 0.29) is 10.8 Å². The molecule has 1 aliphatic heterocycles. The lowest BCUT2D eigenvalue weighted by Crippen LogP contribution is -2.42. The molecule has 1 aliphatic rings. The lowest BCUT2D eigenvalue weighted by molar-refractivity contribution is 0.0793. The second-order valence-electron chi connectivity index (χ2n) is 6.31. The van der Waals surface area contributed by atoms with Crippen molar-refractivity contribution in [2.24, 2.45) is 4.99 Å². The molecule has 1 fully saturated rings. The van der Waals surface area contributed by atoms with Crippen molar-refractivity contribution in [3.63, 3.8) is 0 Å². The number of hydrogen-bond acceptors (Lipinski definition) is 3. The molecule has 4 nitrogen and oxygen atoms in total. The summed E-state index contributed by atoms with van der Waals surface area (Å²) in [5.41, 5.74) is 1.08. The Bertz CT molecular complexity index is 556. The van der Waals surface area contributed by atoms with Crippen LogP contribution in [0.5, 0.6) is 0 Å². The first kappa shape index (κ1) is 20.4. The molecular weight excluding hydrogens is 354 g/mol. The van der Waals surface area contributed by atoms with Gasteiger partial charge < -0.3 is 15.4 Å². The number of halogens is 1. The van der Waals surface area contributed by atoms with Gasteiger partial charge in [-0.05, 0) is 44.1 Å². The summed E-state index contributed by atoms with van der Waals surface area (Å²) < 4.78 is 5.75. The Hall–Kier alpha value is -0.910. The Morgan fingerprint density at radius 2 is 2.04 bits per heavy atom. The zero-order valence-electron chi connectivity index (χ0n) is 15.5. The Morgan fingerprint density at radius 3 is 2.68 bits per heavy atom. The van der Waals surface area contributed by atoms with E-state index in [0.29, 0.717) is 0 Å². The van der Waals surface area contributed by atoms with Gasteiger partial charge in [-0.2, -0.15) is 11.8 Å². The Kier molecular flexibility index (Phi) is 8.40. The maximum absolute atomic E-state index is 6.32. The second-order valence-corrected chi connectivity index (χ2v) is 8.45. The quantitative estimate of drug-likeness (QED) is 0.545. The van der Waals surface area contributed by atoms with Gasteiger partial charge in [-0.3, -0.25) is 4.99 Å². The molecule has 0 aliphatic carbocycles. The number of aliphatic imine (C=N–C) groups is 1. The zero-order valence-corrected chi connectivity index (χ0v) is 17.1. The molecule has 2 rings (SSSR count). The molecule has 1 unspecified atom stereocenters. The molecule has 0 radical (unpaired) electrons. The van der Waals surface area contributed by atoms with Crippen LogP contribution in [0.3, 0.4) is 0 Å². The third-order valence-corrected chi connectivity index (χ3v) is 6.23. The molecule has 1 aromatic rings. The van der Waals surface area contributed by atoms with Gasteiger partial charge in [-0.1, -0.05) is 36.7 Å². The highest BCUT2D eigenvalue weighted by atomic mass is 35.5. The molecule has 0 bridgehead atoms. The van der Waals surface area contributed by atoms with Gasteiger partial charge in [-0.15, -0.1) is 0 Å². The molecule has 1 heterocycles. The van der Waals surface area contributed by atoms with Gasteiger partial charge in [0.05, 0.1) is 12.6 Å². The predicted molar refractivity (Wildman–Crippen MR) is 110 cm³/mol. The van der Waals surface area contributed by atoms with E-state index >= 15 is 0 Å². The number of nitrogens with one attached hydrogen (secondary N) is 2. The molecule has 140 valence electrons. The number of thioether (sulfide) groups is 1. The fourth-order valence-electron chi connectivity index (χ4n) is 3.05. The summed E-state index contributed by atoms with van der Waals surface area (Å²) in [6.45, 7) is 9.72. The maximum atomic E-state index is 6.32. The molecule has 1 saturated heterocycles. The van der Waals surface area contributed by atoms with Crippen LogP contribution in [0.2, 0.25) is 5.02 Å². The SMILES string of the molecule is CCNC(=NCC1(SCC)CCOCC1)NC(C)c1ccccc1Cl. The smallest absolute Gasteiger partial charge is 0.191 e. The van der Waals surface area contributed by atoms with Crippen LogP contribution < -0.4 is 10.6 Å². The third-order valence-electron chi connectivity index (χ3n) is 4.45. The molecular formula is C19H30ClN3OS. The first-order valence-corrected chi connectivity index (χ1v) is 10.5. The van der Waals surface area contributed by atoms with Crippen molar-refractivity contribution >= 4 is 29.3 Å². The molecule has 2 N–H and O–H groups in total. The van der Waals surface area contributed by atoms with E-state index in [0.717, 1.165) is 61.4 Å². The van der Waals surface area contributed by atoms with Gasteiger partial charge in [0, 0.05) is 29.5 Å². The van der Waals surface area contributed by atoms with Crippen LogP contribution in [0, 0.1) is 0 Å². The first-order chi connectivity index (χ1) is 12.1. The van der Waals surface area contributed by atoms with Crippen molar-refractivity contribution < 1.29 is 4.74 Å². The van der Waals surface area contributed by atoms with Gasteiger partial charge >= 0.3 is 0 Å². The average Bonchev–Trinajstić information content (AvgIpc) is 2.61. The molecule has 1 atom stereocenters. The van der Waals surface area contributed by atoms with Crippen LogP contribution in [0.25, 0.3) is 0 Å². The number of hydrogen-bond donors (Lipinski definition) is 2. The molecule has 0 amide bonds. The highest BCUT2D eigenvalue weighted by Gasteiger charge is 2.32. The van der Waals surface area contributed by atoms with Crippen molar-refractivity contribution in [1.29, 1.82) is 0 Å². The molecule has 0 spiro atoms. The van der Waals surface area contributed by atoms with E-state index < -0.39 is 0 Å². The third kappa shape index (κ3) is 6.08. The van der Waals surface area contributed by atoms with E-state index in [1.54, 1.807) is 0 Å². The fraction of sp³-hybridized carbons (Fsp3) is 0.632. The van der Waals surface area contributed by atoms with E-state index in [9.17, 15) is 0 Å². The van der Waals surface area contributed by atoms with E-state index in [2.05, 4.69) is 37.5 Å². The second kappa shape index (κ2) is 10.3. The van der Waals surface area contributed by atoms with Crippen LogP contribution in [0.4, 0.5) is 0 Å². The van der Waals surface area contributed by atoms with Crippen LogP contribution in [0.15, 0.2) is 29.3 Å². The summed E-state index contributed by atoms with van der Waals surface area (Å²) in [6, 6.07) is 8.04. The number of guanidine groups is 1. The van der Waals surface area contributed by atoms with Crippen molar-refractivity contribution in [2.75, 3.05) is 32.1 Å². The lowest BCUT2D eigenvalue weighted by Gasteiger charge is -2.35. The molecule has 1 aromatic carbocycles. The highest BCUT2D eigenvalue weighted by Crippen LogP contribution is 2.35. The first-order valence-electron chi connectivity index (χ1n) is 9.11. The average molecular weight is 384 g/mol. The summed E-state index contributed by atoms with van der Waals surface area (Å²) in [7, 11) is 0. The summed E-state index contributed by atoms with van der Waals surface area (Å²) in [5, 5.41) is 7.62. The Morgan fingerprint density at radius 1 is 1.32 bits per heavy atom. The monoisotopic (exact) mass is 383 g/mol. The summed E-state index contributed by atoms with van der Waals surface area (Å²) in [6.07, 6.45) is 2.13. The van der Waals surface area contributed by atoms with Crippen molar-refractivity contribution in [3.8, 4) is 0 Å². The highest BCUT2D eigenvalue weighted by molar-refractivity contribution is 8.00. The van der Waals surface area contributed by atoms with Crippen molar-refractivity contribution in [1.82, 2.24) is 10.6 Å². The van der Waals surface area contributed by atoms with Crippen molar-refractivity contribution in [3.05, 3.63) is 34.9 Å². The van der Waals surface area contributed by atoms with Crippen LogP contribution in [-0.4, -0.2) is 42.8 Å². The van der Waals surface area contributed by atoms with Crippen LogP contribution in [-0.2, 0) is 4.74 Å². The van der Waals surface area contributed by atoms with E-state index in [4.69, 9.17) is 21.3 Å². The summed E-state index contributed by atoms with van der Waals surface area (Å²) in [5.74, 6) is 1.95. The zero-order chi connectivity index (χ0) is 18.1. The number of ether oxygens (including phenoxy) is 1. The summed E-state index contributed by atoms with van der Waals surface area (Å²) >= 11 is 8.34. The fourth-order valence-corrected chi connectivity index (χ4v) is 4.57. The minimum Gasteiger partial charge on any atom is -0.381 e. The van der Waals surface area contributed by atoms with Gasteiger partial charge in [0.15, 0.2) is 5.96 Å². The van der Waals surface area contributed by atoms with E-state index in [1.165, 1.54) is 0 Å². The van der Waals surface area contributed by atoms with Gasteiger partial charge in [0.2, 0.25) is 0 Å². The van der Waals surface area contributed by atoms with E-state index in [1.807, 2.05) is 30.0 Å².